The lowest BCUT2D eigenvalue weighted by Crippen LogP contribution is -2.04. The van der Waals surface area contributed by atoms with E-state index in [1.54, 1.807) is 0 Å². The van der Waals surface area contributed by atoms with Gasteiger partial charge in [-0.3, -0.25) is 10.1 Å². The highest BCUT2D eigenvalue weighted by Gasteiger charge is 2.20. The van der Waals surface area contributed by atoms with E-state index in [0.29, 0.717) is 18.1 Å². The summed E-state index contributed by atoms with van der Waals surface area (Å²) < 4.78 is 10.2. The first kappa shape index (κ1) is 14.4. The molecule has 0 atom stereocenters. The monoisotopic (exact) mass is 293 g/mol. The molecule has 0 aliphatic carbocycles. The molecular formula is C12H11N3O6. The summed E-state index contributed by atoms with van der Waals surface area (Å²) >= 11 is 0. The molecule has 0 aliphatic heterocycles. The van der Waals surface area contributed by atoms with Gasteiger partial charge in [-0.2, -0.15) is 4.98 Å². The Morgan fingerprint density at radius 1 is 1.52 bits per heavy atom. The van der Waals surface area contributed by atoms with Gasteiger partial charge in [-0.15, -0.1) is 0 Å². The van der Waals surface area contributed by atoms with Gasteiger partial charge in [0.25, 0.3) is 5.69 Å². The Balaban J connectivity index is 2.15. The molecule has 0 saturated carbocycles. The van der Waals surface area contributed by atoms with Crippen LogP contribution in [-0.4, -0.2) is 26.1 Å². The number of rotatable bonds is 6. The maximum atomic E-state index is 11.0. The van der Waals surface area contributed by atoms with Crippen LogP contribution in [0.4, 0.5) is 5.69 Å². The van der Waals surface area contributed by atoms with Gasteiger partial charge in [0.15, 0.2) is 6.61 Å². The maximum Gasteiger partial charge on any atom is 0.342 e. The van der Waals surface area contributed by atoms with Crippen molar-refractivity contribution < 1.29 is 24.1 Å². The van der Waals surface area contributed by atoms with Crippen molar-refractivity contribution in [2.75, 3.05) is 0 Å². The number of hydrogen-bond acceptors (Lipinski definition) is 7. The van der Waals surface area contributed by atoms with Crippen molar-refractivity contribution in [1.29, 1.82) is 0 Å². The molecule has 9 heteroatoms. The molecular weight excluding hydrogens is 282 g/mol. The second kappa shape index (κ2) is 5.99. The summed E-state index contributed by atoms with van der Waals surface area (Å²) in [5, 5.41) is 23.4. The molecule has 21 heavy (non-hydrogen) atoms. The topological polar surface area (TPSA) is 129 Å². The second-order valence-corrected chi connectivity index (χ2v) is 3.99. The molecule has 0 unspecified atom stereocenters. The summed E-state index contributed by atoms with van der Waals surface area (Å²) in [5.74, 6) is -0.466. The van der Waals surface area contributed by atoms with Crippen LogP contribution in [0.25, 0.3) is 0 Å². The largest absolute Gasteiger partial charge is 0.485 e. The fraction of sp³-hybridized carbons (Fsp3) is 0.250. The molecule has 1 heterocycles. The van der Waals surface area contributed by atoms with Crippen LogP contribution in [0.2, 0.25) is 0 Å². The summed E-state index contributed by atoms with van der Waals surface area (Å²) in [6, 6.07) is 3.47. The first-order chi connectivity index (χ1) is 10.0. The van der Waals surface area contributed by atoms with Gasteiger partial charge in [0.1, 0.15) is 11.3 Å². The van der Waals surface area contributed by atoms with Crippen LogP contribution < -0.4 is 4.74 Å². The number of hydrogen-bond donors (Lipinski definition) is 1. The number of aromatic nitrogens is 2. The predicted octanol–water partition coefficient (Wildman–Crippen LogP) is 1.82. The molecule has 0 aliphatic rings. The van der Waals surface area contributed by atoms with Crippen LogP contribution in [0.3, 0.4) is 0 Å². The van der Waals surface area contributed by atoms with Crippen molar-refractivity contribution in [2.24, 2.45) is 0 Å². The van der Waals surface area contributed by atoms with E-state index in [-0.39, 0.29) is 12.4 Å². The molecule has 1 N–H and O–H groups in total. The minimum atomic E-state index is -1.40. The van der Waals surface area contributed by atoms with Gasteiger partial charge in [0, 0.05) is 18.6 Å². The predicted molar refractivity (Wildman–Crippen MR) is 68.1 cm³/mol. The van der Waals surface area contributed by atoms with Crippen molar-refractivity contribution in [1.82, 2.24) is 10.1 Å². The SMILES string of the molecule is CCc1nc(COc2ccc([N+](=O)[O-])c(C(=O)O)c2)no1. The zero-order valence-electron chi connectivity index (χ0n) is 11.0. The van der Waals surface area contributed by atoms with E-state index >= 15 is 0 Å². The van der Waals surface area contributed by atoms with E-state index in [9.17, 15) is 14.9 Å². The fourth-order valence-corrected chi connectivity index (χ4v) is 1.58. The molecule has 2 rings (SSSR count). The highest BCUT2D eigenvalue weighted by molar-refractivity contribution is 5.92. The molecule has 0 spiro atoms. The minimum Gasteiger partial charge on any atom is -0.485 e. The lowest BCUT2D eigenvalue weighted by atomic mass is 10.1. The summed E-state index contributed by atoms with van der Waals surface area (Å²) in [6.45, 7) is 1.83. The van der Waals surface area contributed by atoms with Crippen molar-refractivity contribution in [3.8, 4) is 5.75 Å². The smallest absolute Gasteiger partial charge is 0.342 e. The number of benzene rings is 1. The van der Waals surface area contributed by atoms with Gasteiger partial charge in [-0.1, -0.05) is 12.1 Å². The lowest BCUT2D eigenvalue weighted by molar-refractivity contribution is -0.385. The number of aromatic carboxylic acids is 1. The van der Waals surface area contributed by atoms with Crippen LogP contribution >= 0.6 is 0 Å². The number of nitro groups is 1. The summed E-state index contributed by atoms with van der Waals surface area (Å²) in [4.78, 5) is 25.0. The molecule has 2 aromatic rings. The van der Waals surface area contributed by atoms with Gasteiger partial charge in [-0.05, 0) is 6.07 Å². The average Bonchev–Trinajstić information content (AvgIpc) is 2.92. The van der Waals surface area contributed by atoms with Crippen molar-refractivity contribution in [2.45, 2.75) is 20.0 Å². The normalized spacial score (nSPS) is 10.3. The van der Waals surface area contributed by atoms with Gasteiger partial charge >= 0.3 is 5.97 Å². The molecule has 0 saturated heterocycles. The Morgan fingerprint density at radius 2 is 2.29 bits per heavy atom. The molecule has 0 bridgehead atoms. The minimum absolute atomic E-state index is 0.0274. The van der Waals surface area contributed by atoms with E-state index in [4.69, 9.17) is 14.4 Å². The van der Waals surface area contributed by atoms with Crippen LogP contribution in [-0.2, 0) is 13.0 Å². The first-order valence-corrected chi connectivity index (χ1v) is 5.97. The third-order valence-corrected chi connectivity index (χ3v) is 2.58. The summed E-state index contributed by atoms with van der Waals surface area (Å²) in [7, 11) is 0. The Morgan fingerprint density at radius 3 is 2.86 bits per heavy atom. The average molecular weight is 293 g/mol. The van der Waals surface area contributed by atoms with E-state index in [2.05, 4.69) is 10.1 Å². The molecule has 1 aromatic heterocycles. The Hall–Kier alpha value is -2.97. The maximum absolute atomic E-state index is 11.0. The van der Waals surface area contributed by atoms with Crippen molar-refractivity contribution in [3.05, 3.63) is 45.6 Å². The molecule has 1 aromatic carbocycles. The van der Waals surface area contributed by atoms with Crippen molar-refractivity contribution in [3.63, 3.8) is 0 Å². The number of ether oxygens (including phenoxy) is 1. The standard InChI is InChI=1S/C12H11N3O6/c1-2-11-13-10(14-21-11)6-20-7-3-4-9(15(18)19)8(5-7)12(16)17/h3-5H,2,6H2,1H3,(H,16,17). The number of nitrogens with zero attached hydrogens (tertiary/aromatic N) is 3. The van der Waals surface area contributed by atoms with Crippen LogP contribution in [0.15, 0.2) is 22.7 Å². The van der Waals surface area contributed by atoms with Gasteiger partial charge in [-0.25, -0.2) is 4.79 Å². The van der Waals surface area contributed by atoms with E-state index < -0.39 is 22.1 Å². The zero-order valence-corrected chi connectivity index (χ0v) is 11.0. The summed E-state index contributed by atoms with van der Waals surface area (Å²) in [6.07, 6.45) is 0.591. The van der Waals surface area contributed by atoms with Crippen LogP contribution in [0.1, 0.15) is 29.0 Å². The molecule has 110 valence electrons. The van der Waals surface area contributed by atoms with Gasteiger partial charge in [0.2, 0.25) is 11.7 Å². The number of carboxylic acids is 1. The zero-order chi connectivity index (χ0) is 15.4. The Labute approximate surface area is 118 Å². The van der Waals surface area contributed by atoms with Gasteiger partial charge in [0.05, 0.1) is 4.92 Å². The highest BCUT2D eigenvalue weighted by atomic mass is 16.6. The molecule has 9 nitrogen and oxygen atoms in total. The third-order valence-electron chi connectivity index (χ3n) is 2.58. The molecule has 0 radical (unpaired) electrons. The summed E-state index contributed by atoms with van der Waals surface area (Å²) in [5.41, 5.74) is -0.942. The fourth-order valence-electron chi connectivity index (χ4n) is 1.58. The molecule has 0 fully saturated rings. The van der Waals surface area contributed by atoms with E-state index in [1.807, 2.05) is 6.92 Å². The van der Waals surface area contributed by atoms with Crippen LogP contribution in [0.5, 0.6) is 5.75 Å². The number of carboxylic acid groups (broad SMARTS) is 1. The quantitative estimate of drug-likeness (QED) is 0.630. The van der Waals surface area contributed by atoms with Crippen molar-refractivity contribution >= 4 is 11.7 Å². The molecule has 0 amide bonds. The number of nitro benzene ring substituents is 1. The number of carbonyl (C=O) groups is 1. The highest BCUT2D eigenvalue weighted by Crippen LogP contribution is 2.24. The van der Waals surface area contributed by atoms with E-state index in [1.165, 1.54) is 6.07 Å². The lowest BCUT2D eigenvalue weighted by Gasteiger charge is -2.04. The Kier molecular flexibility index (Phi) is 4.12. The third kappa shape index (κ3) is 3.32. The Bertz CT molecular complexity index is 681. The first-order valence-electron chi connectivity index (χ1n) is 5.97. The van der Waals surface area contributed by atoms with E-state index in [0.717, 1.165) is 12.1 Å². The second-order valence-electron chi connectivity index (χ2n) is 3.99. The van der Waals surface area contributed by atoms with Crippen LogP contribution in [0, 0.1) is 10.1 Å². The van der Waals surface area contributed by atoms with Gasteiger partial charge < -0.3 is 14.4 Å². The number of aryl methyl sites for hydroxylation is 1.